The second kappa shape index (κ2) is 3.03. The molecule has 0 bridgehead atoms. The first-order valence-electron chi connectivity index (χ1n) is 1.90. The van der Waals surface area contributed by atoms with Gasteiger partial charge in [-0.15, -0.1) is 0 Å². The number of hydrogen-bond donors (Lipinski definition) is 4. The van der Waals surface area contributed by atoms with E-state index in [0.717, 1.165) is 0 Å². The molecular weight excluding hydrogens is 250 g/mol. The molecule has 0 aromatic carbocycles. The van der Waals surface area contributed by atoms with E-state index < -0.39 is 19.5 Å². The minimum Gasteiger partial charge on any atom is -0.323 e. The van der Waals surface area contributed by atoms with Crippen molar-refractivity contribution in [2.45, 2.75) is 4.31 Å². The summed E-state index contributed by atoms with van der Waals surface area (Å²) in [6.45, 7) is 0. The van der Waals surface area contributed by atoms with Gasteiger partial charge in [0.25, 0.3) is 0 Å². The van der Waals surface area contributed by atoms with E-state index in [1.54, 1.807) is 0 Å². The van der Waals surface area contributed by atoms with Crippen LogP contribution < -0.4 is 0 Å². The lowest BCUT2D eigenvalue weighted by Gasteiger charge is -2.11. The van der Waals surface area contributed by atoms with Crippen LogP contribution in [0.1, 0.15) is 0 Å². The third-order valence-electron chi connectivity index (χ3n) is 0.555. The Morgan fingerprint density at radius 1 is 1.00 bits per heavy atom. The fraction of sp³-hybridized carbons (Fsp3) is 1.00. The van der Waals surface area contributed by atoms with E-state index in [0.29, 0.717) is 0 Å². The van der Waals surface area contributed by atoms with Crippen LogP contribution in [0.15, 0.2) is 0 Å². The summed E-state index contributed by atoms with van der Waals surface area (Å²) >= 11 is 2.19. The van der Waals surface area contributed by atoms with Crippen LogP contribution in [-0.2, 0) is 9.13 Å². The van der Waals surface area contributed by atoms with Crippen LogP contribution in [0.4, 0.5) is 0 Å². The highest BCUT2D eigenvalue weighted by molar-refractivity contribution is 9.12. The Kier molecular flexibility index (Phi) is 3.26. The Labute approximate surface area is 64.7 Å². The maximum atomic E-state index is 10.1. The van der Waals surface area contributed by atoms with Crippen molar-refractivity contribution >= 4 is 31.1 Å². The molecule has 0 amide bonds. The predicted molar refractivity (Wildman–Crippen MR) is 36.8 cm³/mol. The summed E-state index contributed by atoms with van der Waals surface area (Å²) < 4.78 is 18.2. The molecule has 0 saturated carbocycles. The summed E-state index contributed by atoms with van der Waals surface area (Å²) in [5, 5.41) is 0. The van der Waals surface area contributed by atoms with Gasteiger partial charge in [0.1, 0.15) is 0 Å². The maximum Gasteiger partial charge on any atom is 0.351 e. The molecule has 0 heterocycles. The first-order valence-corrected chi connectivity index (χ1v) is 6.18. The largest absolute Gasteiger partial charge is 0.351 e. The van der Waals surface area contributed by atoms with Crippen LogP contribution >= 0.6 is 31.1 Å². The van der Waals surface area contributed by atoms with E-state index in [-0.39, 0.29) is 0 Å². The van der Waals surface area contributed by atoms with E-state index in [1.165, 1.54) is 0 Å². The molecule has 10 heavy (non-hydrogen) atoms. The van der Waals surface area contributed by atoms with Gasteiger partial charge in [-0.1, -0.05) is 15.9 Å². The fourth-order valence-corrected chi connectivity index (χ4v) is 1.76. The van der Waals surface area contributed by atoms with Crippen molar-refractivity contribution in [1.29, 1.82) is 0 Å². The zero-order valence-electron chi connectivity index (χ0n) is 4.46. The lowest BCUT2D eigenvalue weighted by Crippen LogP contribution is -1.98. The highest BCUT2D eigenvalue weighted by Gasteiger charge is 2.40. The smallest absolute Gasteiger partial charge is 0.323 e. The van der Waals surface area contributed by atoms with Crippen molar-refractivity contribution in [3.63, 3.8) is 0 Å². The quantitative estimate of drug-likeness (QED) is 0.408. The summed E-state index contributed by atoms with van der Waals surface area (Å²) in [6, 6.07) is 0. The van der Waals surface area contributed by atoms with E-state index in [1.807, 2.05) is 0 Å². The van der Waals surface area contributed by atoms with Gasteiger partial charge in [-0.3, -0.25) is 9.13 Å². The molecule has 4 N–H and O–H groups in total. The van der Waals surface area contributed by atoms with Gasteiger partial charge in [0, 0.05) is 0 Å². The Balaban J connectivity index is 4.56. The molecule has 62 valence electrons. The standard InChI is InChI=1S/CH5BrO6P2/c2-1(9(3,4)5)10(6,7)8/h1H,(H2,3,4,5)(H2,6,7,8). The van der Waals surface area contributed by atoms with Gasteiger partial charge < -0.3 is 19.6 Å². The number of rotatable bonds is 2. The topological polar surface area (TPSA) is 115 Å². The van der Waals surface area contributed by atoms with Gasteiger partial charge in [0.2, 0.25) is 4.31 Å². The lowest BCUT2D eigenvalue weighted by molar-refractivity contribution is 0.353. The highest BCUT2D eigenvalue weighted by atomic mass is 79.9. The van der Waals surface area contributed by atoms with Crippen molar-refractivity contribution in [3.8, 4) is 0 Å². The SMILES string of the molecule is O=P(O)(O)C(Br)P(=O)(O)O. The fourth-order valence-electron chi connectivity index (χ4n) is 0.196. The predicted octanol–water partition coefficient (Wildman–Crippen LogP) is 0.0203. The first-order chi connectivity index (χ1) is 4.15. The monoisotopic (exact) mass is 254 g/mol. The number of hydrogen-bond acceptors (Lipinski definition) is 2. The number of alkyl halides is 1. The molecule has 0 aliphatic heterocycles. The average Bonchev–Trinajstić information content (AvgIpc) is 1.59. The minimum absolute atomic E-state index is 2.09. The number of halogens is 1. The van der Waals surface area contributed by atoms with Crippen molar-refractivity contribution in [1.82, 2.24) is 0 Å². The highest BCUT2D eigenvalue weighted by Crippen LogP contribution is 2.62. The lowest BCUT2D eigenvalue weighted by atomic mass is 11.9. The molecule has 0 unspecified atom stereocenters. The first kappa shape index (κ1) is 10.8. The molecule has 0 saturated heterocycles. The summed E-state index contributed by atoms with van der Waals surface area (Å²) in [5.74, 6) is 0. The summed E-state index contributed by atoms with van der Waals surface area (Å²) in [5.41, 5.74) is 0. The van der Waals surface area contributed by atoms with Gasteiger partial charge in [-0.2, -0.15) is 0 Å². The molecule has 0 aromatic heterocycles. The van der Waals surface area contributed by atoms with Gasteiger partial charge in [0.15, 0.2) is 0 Å². The Morgan fingerprint density at radius 2 is 1.20 bits per heavy atom. The second-order valence-corrected chi connectivity index (χ2v) is 7.62. The van der Waals surface area contributed by atoms with Crippen molar-refractivity contribution in [3.05, 3.63) is 0 Å². The van der Waals surface area contributed by atoms with Crippen LogP contribution in [0.2, 0.25) is 0 Å². The third kappa shape index (κ3) is 3.25. The summed E-state index contributed by atoms with van der Waals surface area (Å²) in [6.07, 6.45) is 0. The normalized spacial score (nSPS) is 14.2. The molecule has 0 rings (SSSR count). The summed E-state index contributed by atoms with van der Waals surface area (Å²) in [7, 11) is -9.45. The molecule has 0 fully saturated rings. The van der Waals surface area contributed by atoms with E-state index in [2.05, 4.69) is 15.9 Å². The zero-order valence-corrected chi connectivity index (χ0v) is 7.83. The van der Waals surface area contributed by atoms with E-state index >= 15 is 0 Å². The molecule has 0 aliphatic rings. The van der Waals surface area contributed by atoms with E-state index in [4.69, 9.17) is 19.6 Å². The molecule has 0 aromatic rings. The third-order valence-corrected chi connectivity index (χ3v) is 6.67. The van der Waals surface area contributed by atoms with Gasteiger partial charge in [0.05, 0.1) is 0 Å². The van der Waals surface area contributed by atoms with Crippen LogP contribution in [0.3, 0.4) is 0 Å². The Bertz CT molecular complexity index is 178. The van der Waals surface area contributed by atoms with Gasteiger partial charge in [-0.25, -0.2) is 0 Å². The van der Waals surface area contributed by atoms with Crippen LogP contribution in [0, 0.1) is 0 Å². The molecule has 0 atom stereocenters. The molecular formula is CH5BrO6P2. The minimum atomic E-state index is -4.72. The zero-order chi connectivity index (χ0) is 8.58. The van der Waals surface area contributed by atoms with Crippen LogP contribution in [0.5, 0.6) is 0 Å². The molecule has 0 spiro atoms. The molecule has 0 radical (unpaired) electrons. The van der Waals surface area contributed by atoms with E-state index in [9.17, 15) is 9.13 Å². The molecule has 9 heteroatoms. The van der Waals surface area contributed by atoms with Crippen molar-refractivity contribution in [2.75, 3.05) is 0 Å². The molecule has 6 nitrogen and oxygen atoms in total. The second-order valence-electron chi connectivity index (χ2n) is 1.49. The van der Waals surface area contributed by atoms with Gasteiger partial charge in [-0.05, 0) is 0 Å². The van der Waals surface area contributed by atoms with Crippen LogP contribution in [-0.4, -0.2) is 23.9 Å². The average molecular weight is 255 g/mol. The summed E-state index contributed by atoms with van der Waals surface area (Å²) in [4.78, 5) is 32.8. The van der Waals surface area contributed by atoms with Crippen molar-refractivity contribution < 1.29 is 28.7 Å². The maximum absolute atomic E-state index is 10.1. The van der Waals surface area contributed by atoms with Gasteiger partial charge >= 0.3 is 15.2 Å². The Hall–Kier alpha value is 0.780. The van der Waals surface area contributed by atoms with Crippen LogP contribution in [0.25, 0.3) is 0 Å². The van der Waals surface area contributed by atoms with Crippen molar-refractivity contribution in [2.24, 2.45) is 0 Å². The molecule has 0 aliphatic carbocycles. The Morgan fingerprint density at radius 3 is 1.20 bits per heavy atom.